The molecule has 2 atom stereocenters. The molecule has 1 fully saturated rings. The predicted molar refractivity (Wildman–Crippen MR) is 62.4 cm³/mol. The van der Waals surface area contributed by atoms with E-state index in [1.54, 1.807) is 6.92 Å². The third kappa shape index (κ3) is 3.82. The molecule has 1 amide bonds. The van der Waals surface area contributed by atoms with Gasteiger partial charge in [0.25, 0.3) is 0 Å². The molecule has 1 aliphatic rings. The standard InChI is InChI=1S/C12H24N2O/c1-9(2)7-11-5-4-6-14(8-11)12(15)10(3)13/h9-11H,4-8,13H2,1-3H3. The second-order valence-electron chi connectivity index (χ2n) is 5.21. The maximum absolute atomic E-state index is 11.7. The molecule has 0 bridgehead atoms. The zero-order chi connectivity index (χ0) is 11.4. The van der Waals surface area contributed by atoms with Gasteiger partial charge in [-0.3, -0.25) is 4.79 Å². The molecule has 1 aliphatic heterocycles. The molecule has 1 heterocycles. The van der Waals surface area contributed by atoms with E-state index in [1.807, 2.05) is 4.90 Å². The van der Waals surface area contributed by atoms with E-state index >= 15 is 0 Å². The van der Waals surface area contributed by atoms with E-state index < -0.39 is 0 Å². The van der Waals surface area contributed by atoms with Gasteiger partial charge < -0.3 is 10.6 Å². The largest absolute Gasteiger partial charge is 0.341 e. The van der Waals surface area contributed by atoms with Crippen LogP contribution >= 0.6 is 0 Å². The van der Waals surface area contributed by atoms with Gasteiger partial charge in [-0.1, -0.05) is 13.8 Å². The van der Waals surface area contributed by atoms with Gasteiger partial charge in [0.15, 0.2) is 0 Å². The molecule has 88 valence electrons. The molecule has 0 aliphatic carbocycles. The van der Waals surface area contributed by atoms with E-state index in [2.05, 4.69) is 13.8 Å². The van der Waals surface area contributed by atoms with E-state index in [-0.39, 0.29) is 11.9 Å². The van der Waals surface area contributed by atoms with Crippen molar-refractivity contribution < 1.29 is 4.79 Å². The minimum atomic E-state index is -0.345. The Bertz CT molecular complexity index is 214. The van der Waals surface area contributed by atoms with Crippen LogP contribution in [0, 0.1) is 11.8 Å². The number of piperidine rings is 1. The van der Waals surface area contributed by atoms with Crippen LogP contribution in [0.1, 0.15) is 40.0 Å². The van der Waals surface area contributed by atoms with Gasteiger partial charge in [-0.25, -0.2) is 0 Å². The summed E-state index contributed by atoms with van der Waals surface area (Å²) in [6.07, 6.45) is 3.62. The SMILES string of the molecule is CC(C)CC1CCCN(C(=O)C(C)N)C1. The number of amides is 1. The van der Waals surface area contributed by atoms with Gasteiger partial charge in [0.2, 0.25) is 5.91 Å². The number of hydrogen-bond acceptors (Lipinski definition) is 2. The Morgan fingerprint density at radius 1 is 1.47 bits per heavy atom. The fourth-order valence-electron chi connectivity index (χ4n) is 2.41. The summed E-state index contributed by atoms with van der Waals surface area (Å²) in [5, 5.41) is 0. The van der Waals surface area contributed by atoms with Crippen LogP contribution in [0.25, 0.3) is 0 Å². The Balaban J connectivity index is 2.45. The Hall–Kier alpha value is -0.570. The minimum Gasteiger partial charge on any atom is -0.341 e. The van der Waals surface area contributed by atoms with Crippen molar-refractivity contribution in [2.24, 2.45) is 17.6 Å². The van der Waals surface area contributed by atoms with Crippen molar-refractivity contribution in [2.75, 3.05) is 13.1 Å². The quantitative estimate of drug-likeness (QED) is 0.772. The number of likely N-dealkylation sites (tertiary alicyclic amines) is 1. The lowest BCUT2D eigenvalue weighted by atomic mass is 9.89. The minimum absolute atomic E-state index is 0.114. The summed E-state index contributed by atoms with van der Waals surface area (Å²) < 4.78 is 0. The van der Waals surface area contributed by atoms with Crippen LogP contribution in [0.15, 0.2) is 0 Å². The first-order valence-corrected chi connectivity index (χ1v) is 6.05. The van der Waals surface area contributed by atoms with Crippen LogP contribution in [-0.4, -0.2) is 29.9 Å². The van der Waals surface area contributed by atoms with Crippen molar-refractivity contribution in [1.29, 1.82) is 0 Å². The van der Waals surface area contributed by atoms with Gasteiger partial charge >= 0.3 is 0 Å². The molecular weight excluding hydrogens is 188 g/mol. The fraction of sp³-hybridized carbons (Fsp3) is 0.917. The predicted octanol–water partition coefficient (Wildman–Crippen LogP) is 1.62. The molecule has 0 aromatic rings. The van der Waals surface area contributed by atoms with Gasteiger partial charge in [0, 0.05) is 13.1 Å². The first-order valence-electron chi connectivity index (χ1n) is 6.05. The highest BCUT2D eigenvalue weighted by atomic mass is 16.2. The summed E-state index contributed by atoms with van der Waals surface area (Å²) in [6.45, 7) is 8.07. The highest BCUT2D eigenvalue weighted by molar-refractivity contribution is 5.81. The maximum Gasteiger partial charge on any atom is 0.239 e. The molecule has 0 spiro atoms. The molecule has 0 aromatic carbocycles. The monoisotopic (exact) mass is 212 g/mol. The Morgan fingerprint density at radius 3 is 2.67 bits per heavy atom. The fourth-order valence-corrected chi connectivity index (χ4v) is 2.41. The first-order chi connectivity index (χ1) is 7.00. The molecule has 1 saturated heterocycles. The number of carbonyl (C=O) groups excluding carboxylic acids is 1. The molecule has 0 radical (unpaired) electrons. The third-order valence-corrected chi connectivity index (χ3v) is 3.02. The summed E-state index contributed by atoms with van der Waals surface area (Å²) in [6, 6.07) is -0.345. The van der Waals surface area contributed by atoms with Crippen LogP contribution in [-0.2, 0) is 4.79 Å². The summed E-state index contributed by atoms with van der Waals surface area (Å²) in [7, 11) is 0. The smallest absolute Gasteiger partial charge is 0.239 e. The Kier molecular flexibility index (Phi) is 4.58. The van der Waals surface area contributed by atoms with Crippen LogP contribution in [0.4, 0.5) is 0 Å². The molecule has 0 saturated carbocycles. The molecule has 3 heteroatoms. The Labute approximate surface area is 93.0 Å². The zero-order valence-electron chi connectivity index (χ0n) is 10.2. The summed E-state index contributed by atoms with van der Waals surface area (Å²) >= 11 is 0. The zero-order valence-corrected chi connectivity index (χ0v) is 10.2. The summed E-state index contributed by atoms with van der Waals surface area (Å²) in [4.78, 5) is 13.7. The van der Waals surface area contributed by atoms with E-state index in [0.29, 0.717) is 5.92 Å². The Morgan fingerprint density at radius 2 is 2.13 bits per heavy atom. The van der Waals surface area contributed by atoms with Crippen molar-refractivity contribution in [3.8, 4) is 0 Å². The second kappa shape index (κ2) is 5.50. The lowest BCUT2D eigenvalue weighted by molar-refractivity contribution is -0.134. The van der Waals surface area contributed by atoms with Crippen molar-refractivity contribution >= 4 is 5.91 Å². The van der Waals surface area contributed by atoms with Crippen molar-refractivity contribution in [1.82, 2.24) is 4.90 Å². The van der Waals surface area contributed by atoms with Crippen molar-refractivity contribution in [3.05, 3.63) is 0 Å². The first kappa shape index (κ1) is 12.5. The van der Waals surface area contributed by atoms with E-state index in [9.17, 15) is 4.79 Å². The van der Waals surface area contributed by atoms with Gasteiger partial charge in [0.1, 0.15) is 0 Å². The number of rotatable bonds is 3. The molecule has 2 N–H and O–H groups in total. The van der Waals surface area contributed by atoms with Gasteiger partial charge in [-0.2, -0.15) is 0 Å². The maximum atomic E-state index is 11.7. The topological polar surface area (TPSA) is 46.3 Å². The van der Waals surface area contributed by atoms with Crippen LogP contribution in [0.3, 0.4) is 0 Å². The van der Waals surface area contributed by atoms with Crippen LogP contribution in [0.2, 0.25) is 0 Å². The average molecular weight is 212 g/mol. The number of hydrogen-bond donors (Lipinski definition) is 1. The van der Waals surface area contributed by atoms with Crippen molar-refractivity contribution in [3.63, 3.8) is 0 Å². The molecule has 15 heavy (non-hydrogen) atoms. The summed E-state index contributed by atoms with van der Waals surface area (Å²) in [5.74, 6) is 1.52. The van der Waals surface area contributed by atoms with Crippen LogP contribution < -0.4 is 5.73 Å². The lowest BCUT2D eigenvalue weighted by Gasteiger charge is -2.34. The molecule has 0 aromatic heterocycles. The van der Waals surface area contributed by atoms with Crippen LogP contribution in [0.5, 0.6) is 0 Å². The molecule has 2 unspecified atom stereocenters. The van der Waals surface area contributed by atoms with Gasteiger partial charge in [-0.05, 0) is 38.0 Å². The normalized spacial score (nSPS) is 24.3. The lowest BCUT2D eigenvalue weighted by Crippen LogP contribution is -2.47. The van der Waals surface area contributed by atoms with E-state index in [4.69, 9.17) is 5.73 Å². The summed E-state index contributed by atoms with van der Waals surface area (Å²) in [5.41, 5.74) is 5.62. The second-order valence-corrected chi connectivity index (χ2v) is 5.21. The third-order valence-electron chi connectivity index (χ3n) is 3.02. The van der Waals surface area contributed by atoms with Gasteiger partial charge in [-0.15, -0.1) is 0 Å². The highest BCUT2D eigenvalue weighted by Gasteiger charge is 2.25. The van der Waals surface area contributed by atoms with E-state index in [0.717, 1.165) is 25.4 Å². The average Bonchev–Trinajstić information content (AvgIpc) is 2.16. The molecule has 3 nitrogen and oxygen atoms in total. The van der Waals surface area contributed by atoms with Gasteiger partial charge in [0.05, 0.1) is 6.04 Å². The molecule has 1 rings (SSSR count). The molecular formula is C12H24N2O. The number of carbonyl (C=O) groups is 1. The van der Waals surface area contributed by atoms with Crippen molar-refractivity contribution in [2.45, 2.75) is 46.1 Å². The number of nitrogens with zero attached hydrogens (tertiary/aromatic N) is 1. The highest BCUT2D eigenvalue weighted by Crippen LogP contribution is 2.23. The van der Waals surface area contributed by atoms with E-state index in [1.165, 1.54) is 12.8 Å². The number of nitrogens with two attached hydrogens (primary N) is 1.